The van der Waals surface area contributed by atoms with Gasteiger partial charge in [0.2, 0.25) is 0 Å². The lowest BCUT2D eigenvalue weighted by atomic mass is 10.1. The minimum absolute atomic E-state index is 0.593. The normalized spacial score (nSPS) is 10.5. The number of ether oxygens (including phenoxy) is 1. The fourth-order valence-electron chi connectivity index (χ4n) is 1.43. The van der Waals surface area contributed by atoms with Crippen molar-refractivity contribution in [2.24, 2.45) is 0 Å². The molecular weight excluding hydrogens is 263 g/mol. The average Bonchev–Trinajstić information content (AvgIpc) is 2.24. The van der Waals surface area contributed by atoms with Crippen molar-refractivity contribution < 1.29 is 4.74 Å². The monoisotopic (exact) mass is 278 g/mol. The summed E-state index contributed by atoms with van der Waals surface area (Å²) in [6.45, 7) is 2.74. The highest BCUT2D eigenvalue weighted by Gasteiger charge is 2.10. The van der Waals surface area contributed by atoms with Gasteiger partial charge in [0.1, 0.15) is 5.75 Å². The Kier molecular flexibility index (Phi) is 6.40. The fourth-order valence-corrected chi connectivity index (χ4v) is 2.18. The van der Waals surface area contributed by atoms with Crippen molar-refractivity contribution in [3.05, 3.63) is 27.7 Å². The maximum Gasteiger partial charge on any atom is 0.141 e. The van der Waals surface area contributed by atoms with E-state index in [2.05, 4.69) is 19.6 Å². The lowest BCUT2D eigenvalue weighted by Gasteiger charge is -2.13. The second kappa shape index (κ2) is 7.31. The molecule has 0 amide bonds. The first kappa shape index (κ1) is 14.0. The van der Waals surface area contributed by atoms with Gasteiger partial charge < -0.3 is 4.74 Å². The van der Waals surface area contributed by atoms with E-state index in [4.69, 9.17) is 27.9 Å². The molecule has 0 aliphatic carbocycles. The molecular formula is C12H16Cl2OS. The molecule has 1 rings (SSSR count). The van der Waals surface area contributed by atoms with Gasteiger partial charge in [-0.3, -0.25) is 0 Å². The SMILES string of the molecule is CCCOc1c(Cl)cc(Cl)cc1CCCS. The third kappa shape index (κ3) is 4.08. The van der Waals surface area contributed by atoms with Gasteiger partial charge in [-0.2, -0.15) is 12.6 Å². The highest BCUT2D eigenvalue weighted by atomic mass is 35.5. The van der Waals surface area contributed by atoms with Crippen LogP contribution in [0.3, 0.4) is 0 Å². The van der Waals surface area contributed by atoms with Crippen molar-refractivity contribution in [3.8, 4) is 5.75 Å². The molecule has 0 N–H and O–H groups in total. The summed E-state index contributed by atoms with van der Waals surface area (Å²) in [6, 6.07) is 3.64. The topological polar surface area (TPSA) is 9.23 Å². The standard InChI is InChI=1S/C12H16Cl2OS/c1-2-5-15-12-9(4-3-6-16)7-10(13)8-11(12)14/h7-8,16H,2-6H2,1H3. The van der Waals surface area contributed by atoms with E-state index in [1.807, 2.05) is 6.07 Å². The van der Waals surface area contributed by atoms with Crippen molar-refractivity contribution in [2.45, 2.75) is 26.2 Å². The second-order valence-corrected chi connectivity index (χ2v) is 4.84. The third-order valence-corrected chi connectivity index (χ3v) is 2.96. The molecule has 90 valence electrons. The third-order valence-electron chi connectivity index (χ3n) is 2.14. The minimum Gasteiger partial charge on any atom is -0.492 e. The number of benzene rings is 1. The number of aryl methyl sites for hydroxylation is 1. The highest BCUT2D eigenvalue weighted by molar-refractivity contribution is 7.80. The average molecular weight is 279 g/mol. The molecule has 0 saturated heterocycles. The van der Waals surface area contributed by atoms with Gasteiger partial charge >= 0.3 is 0 Å². The number of rotatable bonds is 6. The van der Waals surface area contributed by atoms with Gasteiger partial charge in [0.15, 0.2) is 0 Å². The van der Waals surface area contributed by atoms with Gasteiger partial charge in [0.25, 0.3) is 0 Å². The quantitative estimate of drug-likeness (QED) is 0.746. The van der Waals surface area contributed by atoms with E-state index in [1.54, 1.807) is 6.07 Å². The van der Waals surface area contributed by atoms with Crippen molar-refractivity contribution >= 4 is 35.8 Å². The van der Waals surface area contributed by atoms with Crippen LogP contribution in [0.1, 0.15) is 25.3 Å². The van der Waals surface area contributed by atoms with Crippen LogP contribution in [-0.4, -0.2) is 12.4 Å². The maximum absolute atomic E-state index is 6.12. The van der Waals surface area contributed by atoms with Gasteiger partial charge in [0, 0.05) is 5.02 Å². The Labute approximate surface area is 112 Å². The summed E-state index contributed by atoms with van der Waals surface area (Å²) >= 11 is 16.3. The van der Waals surface area contributed by atoms with Crippen LogP contribution in [0.4, 0.5) is 0 Å². The van der Waals surface area contributed by atoms with Crippen LogP contribution < -0.4 is 4.74 Å². The van der Waals surface area contributed by atoms with E-state index in [0.717, 1.165) is 36.3 Å². The zero-order valence-electron chi connectivity index (χ0n) is 9.30. The number of hydrogen-bond donors (Lipinski definition) is 1. The molecule has 0 radical (unpaired) electrons. The van der Waals surface area contributed by atoms with Crippen LogP contribution >= 0.6 is 35.8 Å². The fraction of sp³-hybridized carbons (Fsp3) is 0.500. The smallest absolute Gasteiger partial charge is 0.141 e. The molecule has 1 aromatic rings. The summed E-state index contributed by atoms with van der Waals surface area (Å²) in [6.07, 6.45) is 2.84. The van der Waals surface area contributed by atoms with Gasteiger partial charge in [0.05, 0.1) is 11.6 Å². The molecule has 1 aromatic carbocycles. The van der Waals surface area contributed by atoms with Gasteiger partial charge in [-0.1, -0.05) is 30.1 Å². The van der Waals surface area contributed by atoms with Gasteiger partial charge in [-0.15, -0.1) is 0 Å². The Morgan fingerprint density at radius 1 is 1.31 bits per heavy atom. The molecule has 0 fully saturated rings. The second-order valence-electron chi connectivity index (χ2n) is 3.55. The molecule has 0 aromatic heterocycles. The van der Waals surface area contributed by atoms with E-state index in [0.29, 0.717) is 16.7 Å². The van der Waals surface area contributed by atoms with Crippen LogP contribution in [0.15, 0.2) is 12.1 Å². The molecule has 1 nitrogen and oxygen atoms in total. The zero-order chi connectivity index (χ0) is 12.0. The predicted molar refractivity (Wildman–Crippen MR) is 74.4 cm³/mol. The summed E-state index contributed by atoms with van der Waals surface area (Å²) in [5.41, 5.74) is 1.07. The predicted octanol–water partition coefficient (Wildman–Crippen LogP) is 4.64. The molecule has 0 aliphatic rings. The molecule has 0 unspecified atom stereocenters. The van der Waals surface area contributed by atoms with Crippen LogP contribution in [0.5, 0.6) is 5.75 Å². The molecule has 16 heavy (non-hydrogen) atoms. The van der Waals surface area contributed by atoms with Crippen molar-refractivity contribution in [3.63, 3.8) is 0 Å². The summed E-state index contributed by atoms with van der Waals surface area (Å²) in [4.78, 5) is 0. The van der Waals surface area contributed by atoms with Crippen LogP contribution in [0.25, 0.3) is 0 Å². The first-order chi connectivity index (χ1) is 7.69. The molecule has 0 bridgehead atoms. The molecule has 0 heterocycles. The van der Waals surface area contributed by atoms with E-state index in [1.165, 1.54) is 0 Å². The Morgan fingerprint density at radius 2 is 2.06 bits per heavy atom. The van der Waals surface area contributed by atoms with E-state index in [-0.39, 0.29) is 0 Å². The summed E-state index contributed by atoms with van der Waals surface area (Å²) in [5, 5.41) is 1.25. The van der Waals surface area contributed by atoms with Crippen LogP contribution in [0.2, 0.25) is 10.0 Å². The molecule has 0 aliphatic heterocycles. The minimum atomic E-state index is 0.593. The first-order valence-electron chi connectivity index (χ1n) is 5.40. The number of hydrogen-bond acceptors (Lipinski definition) is 2. The summed E-state index contributed by atoms with van der Waals surface area (Å²) < 4.78 is 5.65. The maximum atomic E-state index is 6.12. The van der Waals surface area contributed by atoms with E-state index >= 15 is 0 Å². The van der Waals surface area contributed by atoms with Crippen LogP contribution in [0, 0.1) is 0 Å². The Morgan fingerprint density at radius 3 is 2.69 bits per heavy atom. The van der Waals surface area contributed by atoms with Crippen LogP contribution in [-0.2, 0) is 6.42 Å². The lowest BCUT2D eigenvalue weighted by molar-refractivity contribution is 0.314. The molecule has 4 heteroatoms. The van der Waals surface area contributed by atoms with E-state index < -0.39 is 0 Å². The lowest BCUT2D eigenvalue weighted by Crippen LogP contribution is -2.00. The Bertz CT molecular complexity index is 342. The highest BCUT2D eigenvalue weighted by Crippen LogP contribution is 2.33. The number of halogens is 2. The molecule has 0 spiro atoms. The number of thiol groups is 1. The zero-order valence-corrected chi connectivity index (χ0v) is 11.7. The van der Waals surface area contributed by atoms with Crippen molar-refractivity contribution in [2.75, 3.05) is 12.4 Å². The Balaban J connectivity index is 2.91. The van der Waals surface area contributed by atoms with Gasteiger partial charge in [-0.25, -0.2) is 0 Å². The van der Waals surface area contributed by atoms with Crippen molar-refractivity contribution in [1.82, 2.24) is 0 Å². The van der Waals surface area contributed by atoms with E-state index in [9.17, 15) is 0 Å². The van der Waals surface area contributed by atoms with Gasteiger partial charge in [-0.05, 0) is 42.7 Å². The molecule has 0 saturated carbocycles. The first-order valence-corrected chi connectivity index (χ1v) is 6.79. The summed E-state index contributed by atoms with van der Waals surface area (Å²) in [5.74, 6) is 1.62. The van der Waals surface area contributed by atoms with Crippen molar-refractivity contribution in [1.29, 1.82) is 0 Å². The molecule has 0 atom stereocenters. The Hall–Kier alpha value is -0.0500. The largest absolute Gasteiger partial charge is 0.492 e. The summed E-state index contributed by atoms with van der Waals surface area (Å²) in [7, 11) is 0.